The number of hydrogen-bond donors (Lipinski definition) is 2. The summed E-state index contributed by atoms with van der Waals surface area (Å²) >= 11 is 0. The van der Waals surface area contributed by atoms with Crippen molar-refractivity contribution in [2.45, 2.75) is 51.7 Å². The van der Waals surface area contributed by atoms with Crippen molar-refractivity contribution in [3.05, 3.63) is 0 Å². The largest absolute Gasteiger partial charge is 0.372 e. The molecule has 16 heavy (non-hydrogen) atoms. The van der Waals surface area contributed by atoms with Gasteiger partial charge in [0.2, 0.25) is 0 Å². The van der Waals surface area contributed by atoms with Gasteiger partial charge >= 0.3 is 0 Å². The summed E-state index contributed by atoms with van der Waals surface area (Å²) < 4.78 is 6.16. The molecule has 2 aliphatic heterocycles. The van der Waals surface area contributed by atoms with Gasteiger partial charge in [-0.1, -0.05) is 20.8 Å². The lowest BCUT2D eigenvalue weighted by Gasteiger charge is -2.48. The lowest BCUT2D eigenvalue weighted by atomic mass is 9.76. The van der Waals surface area contributed by atoms with E-state index in [-0.39, 0.29) is 5.60 Å². The normalized spacial score (nSPS) is 30.6. The zero-order valence-electron chi connectivity index (χ0n) is 10.9. The third-order valence-electron chi connectivity index (χ3n) is 3.78. The molecular formula is C13H26N2O. The molecule has 3 heteroatoms. The molecule has 2 aliphatic rings. The topological polar surface area (TPSA) is 33.3 Å². The van der Waals surface area contributed by atoms with E-state index in [0.29, 0.717) is 11.5 Å². The predicted octanol–water partition coefficient (Wildman–Crippen LogP) is 1.53. The number of hydrogen-bond acceptors (Lipinski definition) is 3. The maximum absolute atomic E-state index is 6.16. The van der Waals surface area contributed by atoms with E-state index in [2.05, 4.69) is 31.4 Å². The molecule has 0 amide bonds. The Morgan fingerprint density at radius 1 is 1.19 bits per heavy atom. The summed E-state index contributed by atoms with van der Waals surface area (Å²) in [5.41, 5.74) is 0.479. The third-order valence-corrected chi connectivity index (χ3v) is 3.78. The Kier molecular flexibility index (Phi) is 3.57. The fraction of sp³-hybridized carbons (Fsp3) is 1.00. The molecule has 0 saturated carbocycles. The van der Waals surface area contributed by atoms with Gasteiger partial charge in [-0.2, -0.15) is 0 Å². The first-order valence-electron chi connectivity index (χ1n) is 6.60. The van der Waals surface area contributed by atoms with Crippen LogP contribution in [0.15, 0.2) is 0 Å². The zero-order chi connectivity index (χ0) is 11.6. The Morgan fingerprint density at radius 2 is 1.88 bits per heavy atom. The summed E-state index contributed by atoms with van der Waals surface area (Å²) in [6, 6.07) is 0.531. The Morgan fingerprint density at radius 3 is 2.50 bits per heavy atom. The van der Waals surface area contributed by atoms with Crippen molar-refractivity contribution in [2.24, 2.45) is 5.41 Å². The molecule has 2 N–H and O–H groups in total. The van der Waals surface area contributed by atoms with Crippen LogP contribution in [0.3, 0.4) is 0 Å². The first-order chi connectivity index (χ1) is 7.52. The van der Waals surface area contributed by atoms with Gasteiger partial charge in [0.15, 0.2) is 0 Å². The quantitative estimate of drug-likeness (QED) is 0.711. The summed E-state index contributed by atoms with van der Waals surface area (Å²) in [5.74, 6) is 0. The number of nitrogens with one attached hydrogen (secondary N) is 2. The van der Waals surface area contributed by atoms with Crippen LogP contribution in [0.25, 0.3) is 0 Å². The molecule has 94 valence electrons. The minimum Gasteiger partial charge on any atom is -0.372 e. The van der Waals surface area contributed by atoms with Crippen LogP contribution in [0.4, 0.5) is 0 Å². The van der Waals surface area contributed by atoms with Gasteiger partial charge in [0, 0.05) is 12.6 Å². The predicted molar refractivity (Wildman–Crippen MR) is 66.6 cm³/mol. The van der Waals surface area contributed by atoms with Crippen LogP contribution < -0.4 is 10.6 Å². The molecule has 2 saturated heterocycles. The van der Waals surface area contributed by atoms with Crippen LogP contribution in [0.2, 0.25) is 0 Å². The second-order valence-electron chi connectivity index (χ2n) is 6.43. The van der Waals surface area contributed by atoms with E-state index < -0.39 is 0 Å². The average molecular weight is 226 g/mol. The van der Waals surface area contributed by atoms with Crippen LogP contribution in [-0.4, -0.2) is 37.9 Å². The lowest BCUT2D eigenvalue weighted by Crippen LogP contribution is -2.62. The third kappa shape index (κ3) is 2.76. The second-order valence-corrected chi connectivity index (χ2v) is 6.43. The summed E-state index contributed by atoms with van der Waals surface area (Å²) in [6.45, 7) is 11.0. The van der Waals surface area contributed by atoms with Gasteiger partial charge in [-0.05, 0) is 37.8 Å². The highest BCUT2D eigenvalue weighted by molar-refractivity contribution is 5.00. The molecule has 1 unspecified atom stereocenters. The van der Waals surface area contributed by atoms with E-state index in [4.69, 9.17) is 4.74 Å². The minimum atomic E-state index is 0.108. The van der Waals surface area contributed by atoms with Crippen molar-refractivity contribution < 1.29 is 4.74 Å². The fourth-order valence-electron chi connectivity index (χ4n) is 2.99. The molecule has 2 rings (SSSR count). The Balaban J connectivity index is 2.06. The van der Waals surface area contributed by atoms with E-state index in [0.717, 1.165) is 39.1 Å². The van der Waals surface area contributed by atoms with Gasteiger partial charge in [0.05, 0.1) is 12.2 Å². The van der Waals surface area contributed by atoms with Crippen LogP contribution in [0.5, 0.6) is 0 Å². The summed E-state index contributed by atoms with van der Waals surface area (Å²) in [6.07, 6.45) is 3.51. The van der Waals surface area contributed by atoms with Gasteiger partial charge in [-0.3, -0.25) is 0 Å². The van der Waals surface area contributed by atoms with Crippen LogP contribution in [0, 0.1) is 5.41 Å². The second kappa shape index (κ2) is 4.63. The highest BCUT2D eigenvalue weighted by Crippen LogP contribution is 2.35. The minimum absolute atomic E-state index is 0.108. The number of rotatable bonds is 1. The van der Waals surface area contributed by atoms with Gasteiger partial charge in [-0.15, -0.1) is 0 Å². The lowest BCUT2D eigenvalue weighted by molar-refractivity contribution is -0.120. The molecular weight excluding hydrogens is 200 g/mol. The number of ether oxygens (including phenoxy) is 1. The van der Waals surface area contributed by atoms with Gasteiger partial charge < -0.3 is 15.4 Å². The molecule has 0 aliphatic carbocycles. The van der Waals surface area contributed by atoms with Crippen LogP contribution in [0.1, 0.15) is 40.0 Å². The molecule has 0 radical (unpaired) electrons. The molecule has 0 aromatic heterocycles. The van der Waals surface area contributed by atoms with E-state index in [1.54, 1.807) is 0 Å². The molecule has 0 aromatic carbocycles. The average Bonchev–Trinajstić information content (AvgIpc) is 2.21. The van der Waals surface area contributed by atoms with Gasteiger partial charge in [-0.25, -0.2) is 0 Å². The number of morpholine rings is 1. The monoisotopic (exact) mass is 226 g/mol. The van der Waals surface area contributed by atoms with Crippen molar-refractivity contribution in [3.63, 3.8) is 0 Å². The van der Waals surface area contributed by atoms with Crippen molar-refractivity contribution >= 4 is 0 Å². The van der Waals surface area contributed by atoms with Crippen molar-refractivity contribution in [3.8, 4) is 0 Å². The molecule has 3 nitrogen and oxygen atoms in total. The maximum atomic E-state index is 6.16. The summed E-state index contributed by atoms with van der Waals surface area (Å²) in [4.78, 5) is 0. The molecule has 0 bridgehead atoms. The Hall–Kier alpha value is -0.120. The highest BCUT2D eigenvalue weighted by Gasteiger charge is 2.43. The van der Waals surface area contributed by atoms with Gasteiger partial charge in [0.25, 0.3) is 0 Å². The summed E-state index contributed by atoms with van der Waals surface area (Å²) in [7, 11) is 0. The van der Waals surface area contributed by atoms with Crippen LogP contribution >= 0.6 is 0 Å². The van der Waals surface area contributed by atoms with Crippen molar-refractivity contribution in [1.82, 2.24) is 10.6 Å². The SMILES string of the molecule is CC(C)(C)CC1NCCOC12CCNCC2. The first-order valence-corrected chi connectivity index (χ1v) is 6.60. The zero-order valence-corrected chi connectivity index (χ0v) is 10.9. The molecule has 1 spiro atoms. The van der Waals surface area contributed by atoms with Crippen molar-refractivity contribution in [1.29, 1.82) is 0 Å². The fourth-order valence-corrected chi connectivity index (χ4v) is 2.99. The van der Waals surface area contributed by atoms with E-state index in [9.17, 15) is 0 Å². The van der Waals surface area contributed by atoms with E-state index >= 15 is 0 Å². The van der Waals surface area contributed by atoms with Crippen LogP contribution in [-0.2, 0) is 4.74 Å². The van der Waals surface area contributed by atoms with Gasteiger partial charge in [0.1, 0.15) is 0 Å². The number of piperidine rings is 1. The molecule has 1 atom stereocenters. The molecule has 2 heterocycles. The van der Waals surface area contributed by atoms with E-state index in [1.807, 2.05) is 0 Å². The highest BCUT2D eigenvalue weighted by atomic mass is 16.5. The molecule has 0 aromatic rings. The Bertz CT molecular complexity index is 220. The van der Waals surface area contributed by atoms with E-state index in [1.165, 1.54) is 6.42 Å². The molecule has 2 fully saturated rings. The van der Waals surface area contributed by atoms with Crippen molar-refractivity contribution in [2.75, 3.05) is 26.2 Å². The maximum Gasteiger partial charge on any atom is 0.0859 e. The standard InChI is InChI=1S/C13H26N2O/c1-12(2,3)10-11-13(16-9-8-15-11)4-6-14-7-5-13/h11,14-15H,4-10H2,1-3H3. The Labute approximate surface area is 99.3 Å². The first kappa shape index (κ1) is 12.3. The summed E-state index contributed by atoms with van der Waals surface area (Å²) in [5, 5.41) is 7.12. The smallest absolute Gasteiger partial charge is 0.0859 e.